The minimum Gasteiger partial charge on any atom is -0.462 e. The summed E-state index contributed by atoms with van der Waals surface area (Å²) < 4.78 is 9.94. The highest BCUT2D eigenvalue weighted by atomic mass is 28.2. The molecular weight excluding hydrogens is 184 g/mol. The van der Waals surface area contributed by atoms with E-state index in [1.54, 1.807) is 6.92 Å². The fourth-order valence-electron chi connectivity index (χ4n) is 0.813. The molecule has 0 unspecified atom stereocenters. The Kier molecular flexibility index (Phi) is 7.63. The van der Waals surface area contributed by atoms with Crippen molar-refractivity contribution in [3.05, 3.63) is 12.2 Å². The largest absolute Gasteiger partial charge is 0.462 e. The van der Waals surface area contributed by atoms with E-state index in [-0.39, 0.29) is 5.97 Å². The Bertz CT molecular complexity index is 168. The lowest BCUT2D eigenvalue weighted by Gasteiger charge is -2.03. The molecule has 0 radical (unpaired) electrons. The molecule has 0 heterocycles. The van der Waals surface area contributed by atoms with Gasteiger partial charge in [-0.15, -0.1) is 0 Å². The van der Waals surface area contributed by atoms with Crippen molar-refractivity contribution >= 4 is 16.5 Å². The molecule has 0 aliphatic rings. The molecule has 76 valence electrons. The normalized spacial score (nSPS) is 9.92. The lowest BCUT2D eigenvalue weighted by Crippen LogP contribution is -2.06. The van der Waals surface area contributed by atoms with Gasteiger partial charge in [0.1, 0.15) is 10.5 Å². The van der Waals surface area contributed by atoms with Crippen LogP contribution in [0.2, 0.25) is 0 Å². The number of esters is 1. The monoisotopic (exact) mass is 202 g/mol. The van der Waals surface area contributed by atoms with Crippen molar-refractivity contribution in [3.8, 4) is 0 Å². The van der Waals surface area contributed by atoms with Gasteiger partial charge < -0.3 is 9.16 Å². The predicted octanol–water partition coefficient (Wildman–Crippen LogP) is 0.573. The smallest absolute Gasteiger partial charge is 0.333 e. The number of ether oxygens (including phenoxy) is 1. The molecule has 0 fully saturated rings. The van der Waals surface area contributed by atoms with Crippen molar-refractivity contribution in [1.29, 1.82) is 0 Å². The van der Waals surface area contributed by atoms with Crippen molar-refractivity contribution < 1.29 is 14.0 Å². The van der Waals surface area contributed by atoms with Gasteiger partial charge in [-0.05, 0) is 26.2 Å². The molecule has 0 aromatic heterocycles. The number of hydrogen-bond acceptors (Lipinski definition) is 3. The standard InChI is InChI=1S/C9H18O3Si/c1-8(2)9(10)11-6-4-3-5-7-12-13/h1,3-7H2,2,13H3. The van der Waals surface area contributed by atoms with Crippen LogP contribution in [0.25, 0.3) is 0 Å². The minimum atomic E-state index is -0.292. The fraction of sp³-hybridized carbons (Fsp3) is 0.667. The van der Waals surface area contributed by atoms with Gasteiger partial charge in [0.25, 0.3) is 0 Å². The van der Waals surface area contributed by atoms with Gasteiger partial charge >= 0.3 is 5.97 Å². The molecule has 0 amide bonds. The van der Waals surface area contributed by atoms with Crippen molar-refractivity contribution in [2.45, 2.75) is 26.2 Å². The maximum Gasteiger partial charge on any atom is 0.333 e. The van der Waals surface area contributed by atoms with E-state index in [2.05, 4.69) is 6.58 Å². The molecule has 0 aliphatic heterocycles. The summed E-state index contributed by atoms with van der Waals surface area (Å²) in [5.41, 5.74) is 0.461. The Labute approximate surface area is 82.7 Å². The zero-order valence-corrected chi connectivity index (χ0v) is 10.5. The molecule has 0 aromatic rings. The van der Waals surface area contributed by atoms with Crippen LogP contribution in [0.5, 0.6) is 0 Å². The van der Waals surface area contributed by atoms with E-state index in [9.17, 15) is 4.79 Å². The van der Waals surface area contributed by atoms with Crippen LogP contribution >= 0.6 is 0 Å². The van der Waals surface area contributed by atoms with Crippen LogP contribution in [0.15, 0.2) is 12.2 Å². The van der Waals surface area contributed by atoms with Gasteiger partial charge in [0.15, 0.2) is 0 Å². The summed E-state index contributed by atoms with van der Waals surface area (Å²) in [5, 5.41) is 0. The first kappa shape index (κ1) is 12.4. The quantitative estimate of drug-likeness (QED) is 0.262. The minimum absolute atomic E-state index is 0.292. The molecular formula is C9H18O3Si. The van der Waals surface area contributed by atoms with E-state index in [1.807, 2.05) is 0 Å². The summed E-state index contributed by atoms with van der Waals surface area (Å²) in [6.45, 7) is 6.47. The average molecular weight is 202 g/mol. The molecule has 0 aliphatic carbocycles. The highest BCUT2D eigenvalue weighted by molar-refractivity contribution is 5.97. The van der Waals surface area contributed by atoms with Gasteiger partial charge in [0, 0.05) is 12.2 Å². The third-order valence-electron chi connectivity index (χ3n) is 1.57. The molecule has 0 spiro atoms. The second kappa shape index (κ2) is 8.01. The molecule has 0 saturated heterocycles. The Hall–Kier alpha value is -0.613. The van der Waals surface area contributed by atoms with E-state index < -0.39 is 0 Å². The molecule has 0 rings (SSSR count). The van der Waals surface area contributed by atoms with Crippen molar-refractivity contribution in [2.75, 3.05) is 13.2 Å². The van der Waals surface area contributed by atoms with E-state index in [0.29, 0.717) is 12.2 Å². The SMILES string of the molecule is C=C(C)C(=O)OCCCCCO[SiH3]. The summed E-state index contributed by atoms with van der Waals surface area (Å²) in [4.78, 5) is 10.9. The van der Waals surface area contributed by atoms with Crippen LogP contribution in [0.4, 0.5) is 0 Å². The number of rotatable bonds is 7. The average Bonchev–Trinajstić information content (AvgIpc) is 2.10. The van der Waals surface area contributed by atoms with E-state index >= 15 is 0 Å². The molecule has 13 heavy (non-hydrogen) atoms. The third kappa shape index (κ3) is 7.74. The third-order valence-corrected chi connectivity index (χ3v) is 1.98. The zero-order valence-electron chi connectivity index (χ0n) is 8.47. The first-order chi connectivity index (χ1) is 6.18. The Balaban J connectivity index is 3.16. The summed E-state index contributed by atoms with van der Waals surface area (Å²) in [5.74, 6) is -0.292. The molecule has 0 bridgehead atoms. The molecule has 0 saturated carbocycles. The number of unbranched alkanes of at least 4 members (excludes halogenated alkanes) is 2. The van der Waals surface area contributed by atoms with Crippen LogP contribution in [0.3, 0.4) is 0 Å². The highest BCUT2D eigenvalue weighted by Gasteiger charge is 2.01. The Morgan fingerprint density at radius 3 is 2.46 bits per heavy atom. The van der Waals surface area contributed by atoms with E-state index in [0.717, 1.165) is 36.4 Å². The lowest BCUT2D eigenvalue weighted by atomic mass is 10.2. The van der Waals surface area contributed by atoms with Gasteiger partial charge in [-0.25, -0.2) is 4.79 Å². The van der Waals surface area contributed by atoms with E-state index in [4.69, 9.17) is 9.16 Å². The summed E-state index contributed by atoms with van der Waals surface area (Å²) in [6, 6.07) is 0. The van der Waals surface area contributed by atoms with Gasteiger partial charge in [0.05, 0.1) is 6.61 Å². The van der Waals surface area contributed by atoms with E-state index in [1.165, 1.54) is 0 Å². The molecule has 3 nitrogen and oxygen atoms in total. The van der Waals surface area contributed by atoms with Crippen molar-refractivity contribution in [2.24, 2.45) is 0 Å². The fourth-order valence-corrected chi connectivity index (χ4v) is 1.10. The maximum atomic E-state index is 10.9. The first-order valence-corrected chi connectivity index (χ1v) is 5.31. The lowest BCUT2D eigenvalue weighted by molar-refractivity contribution is -0.139. The summed E-state index contributed by atoms with van der Waals surface area (Å²) >= 11 is 0. The van der Waals surface area contributed by atoms with Crippen molar-refractivity contribution in [3.63, 3.8) is 0 Å². The number of hydrogen-bond donors (Lipinski definition) is 0. The molecule has 0 aromatic carbocycles. The predicted molar refractivity (Wildman–Crippen MR) is 55.5 cm³/mol. The summed E-state index contributed by atoms with van der Waals surface area (Å²) in [7, 11) is 0.806. The topological polar surface area (TPSA) is 35.5 Å². The second-order valence-corrected chi connectivity index (χ2v) is 3.55. The van der Waals surface area contributed by atoms with Crippen LogP contribution < -0.4 is 0 Å². The molecule has 0 N–H and O–H groups in total. The van der Waals surface area contributed by atoms with Crippen LogP contribution in [-0.4, -0.2) is 29.7 Å². The van der Waals surface area contributed by atoms with Crippen LogP contribution in [0.1, 0.15) is 26.2 Å². The van der Waals surface area contributed by atoms with Gasteiger partial charge in [-0.2, -0.15) is 0 Å². The van der Waals surface area contributed by atoms with Gasteiger partial charge in [-0.1, -0.05) is 6.58 Å². The highest BCUT2D eigenvalue weighted by Crippen LogP contribution is 1.98. The van der Waals surface area contributed by atoms with Crippen LogP contribution in [-0.2, 0) is 14.0 Å². The summed E-state index contributed by atoms with van der Waals surface area (Å²) in [6.07, 6.45) is 3.00. The Morgan fingerprint density at radius 2 is 1.92 bits per heavy atom. The second-order valence-electron chi connectivity index (χ2n) is 2.97. The first-order valence-electron chi connectivity index (χ1n) is 4.50. The number of carbonyl (C=O) groups is 1. The molecule has 0 atom stereocenters. The Morgan fingerprint density at radius 1 is 1.31 bits per heavy atom. The maximum absolute atomic E-state index is 10.9. The zero-order chi connectivity index (χ0) is 10.1. The number of carbonyl (C=O) groups excluding carboxylic acids is 1. The van der Waals surface area contributed by atoms with Gasteiger partial charge in [-0.3, -0.25) is 0 Å². The van der Waals surface area contributed by atoms with Gasteiger partial charge in [0.2, 0.25) is 0 Å². The molecule has 4 heteroatoms. The van der Waals surface area contributed by atoms with Crippen LogP contribution in [0, 0.1) is 0 Å². The van der Waals surface area contributed by atoms with Crippen molar-refractivity contribution in [1.82, 2.24) is 0 Å².